The van der Waals surface area contributed by atoms with Gasteiger partial charge in [-0.25, -0.2) is 4.79 Å². The van der Waals surface area contributed by atoms with Crippen LogP contribution in [0.5, 0.6) is 0 Å². The topological polar surface area (TPSA) is 65.0 Å². The molecule has 0 aromatic heterocycles. The lowest BCUT2D eigenvalue weighted by Gasteiger charge is -2.62. The highest BCUT2D eigenvalue weighted by molar-refractivity contribution is 5.89. The summed E-state index contributed by atoms with van der Waals surface area (Å²) in [7, 11) is 1.64. The van der Waals surface area contributed by atoms with Gasteiger partial charge >= 0.3 is 5.97 Å². The summed E-state index contributed by atoms with van der Waals surface area (Å²) in [5, 5.41) is 10.5. The van der Waals surface area contributed by atoms with Crippen molar-refractivity contribution in [2.24, 2.45) is 40.4 Å². The molecule has 10 atom stereocenters. The van der Waals surface area contributed by atoms with Crippen molar-refractivity contribution in [3.8, 4) is 0 Å². The van der Waals surface area contributed by atoms with Crippen LogP contribution >= 0.6 is 0 Å². The summed E-state index contributed by atoms with van der Waals surface area (Å²) in [6, 6.07) is 9.30. The summed E-state index contributed by atoms with van der Waals surface area (Å²) in [6.07, 6.45) is 8.50. The maximum atomic E-state index is 13.0. The number of hydrogen-bond donors (Lipinski definition) is 1. The molecule has 4 aliphatic rings. The molecule has 1 aromatic carbocycles. The Morgan fingerprint density at radius 3 is 2.49 bits per heavy atom. The van der Waals surface area contributed by atoms with E-state index in [2.05, 4.69) is 13.8 Å². The zero-order chi connectivity index (χ0) is 24.8. The van der Waals surface area contributed by atoms with Gasteiger partial charge in [0.25, 0.3) is 0 Å². The molecule has 4 saturated carbocycles. The van der Waals surface area contributed by atoms with Gasteiger partial charge in [0.1, 0.15) is 12.9 Å². The minimum Gasteiger partial charge on any atom is -0.456 e. The van der Waals surface area contributed by atoms with Crippen molar-refractivity contribution in [1.82, 2.24) is 0 Å². The fourth-order valence-corrected chi connectivity index (χ4v) is 9.30. The molecule has 5 rings (SSSR count). The zero-order valence-corrected chi connectivity index (χ0v) is 21.9. The van der Waals surface area contributed by atoms with Gasteiger partial charge in [-0.3, -0.25) is 0 Å². The second-order valence-corrected chi connectivity index (χ2v) is 12.5. The third-order valence-electron chi connectivity index (χ3n) is 11.0. The van der Waals surface area contributed by atoms with Gasteiger partial charge in [-0.2, -0.15) is 0 Å². The van der Waals surface area contributed by atoms with Crippen LogP contribution in [0.2, 0.25) is 0 Å². The lowest BCUT2D eigenvalue weighted by molar-refractivity contribution is -0.191. The Morgan fingerprint density at radius 2 is 1.77 bits per heavy atom. The van der Waals surface area contributed by atoms with E-state index in [1.54, 1.807) is 7.11 Å². The van der Waals surface area contributed by atoms with E-state index in [9.17, 15) is 9.90 Å². The number of rotatable bonds is 6. The first-order chi connectivity index (χ1) is 16.8. The van der Waals surface area contributed by atoms with E-state index in [0.717, 1.165) is 19.3 Å². The largest absolute Gasteiger partial charge is 0.456 e. The van der Waals surface area contributed by atoms with Gasteiger partial charge in [0.2, 0.25) is 0 Å². The number of ether oxygens (including phenoxy) is 3. The Kier molecular flexibility index (Phi) is 7.06. The highest BCUT2D eigenvalue weighted by atomic mass is 16.7. The van der Waals surface area contributed by atoms with Crippen molar-refractivity contribution >= 4 is 5.97 Å². The summed E-state index contributed by atoms with van der Waals surface area (Å²) >= 11 is 0. The molecular weight excluding hydrogens is 440 g/mol. The maximum absolute atomic E-state index is 13.0. The molecule has 0 saturated heterocycles. The van der Waals surface area contributed by atoms with Crippen molar-refractivity contribution in [1.29, 1.82) is 0 Å². The summed E-state index contributed by atoms with van der Waals surface area (Å²) in [5.41, 5.74) is 0.994. The van der Waals surface area contributed by atoms with Crippen molar-refractivity contribution in [3.63, 3.8) is 0 Å². The quantitative estimate of drug-likeness (QED) is 0.405. The van der Waals surface area contributed by atoms with Crippen molar-refractivity contribution < 1.29 is 24.1 Å². The van der Waals surface area contributed by atoms with Gasteiger partial charge in [-0.1, -0.05) is 32.0 Å². The first-order valence-electron chi connectivity index (χ1n) is 13.8. The number of fused-ring (bicyclic) bond motifs is 5. The fraction of sp³-hybridized carbons (Fsp3) is 0.767. The first-order valence-corrected chi connectivity index (χ1v) is 13.8. The monoisotopic (exact) mass is 484 g/mol. The third kappa shape index (κ3) is 4.36. The van der Waals surface area contributed by atoms with Crippen LogP contribution in [0, 0.1) is 40.4 Å². The van der Waals surface area contributed by atoms with Crippen LogP contribution in [0.3, 0.4) is 0 Å². The molecule has 0 heterocycles. The summed E-state index contributed by atoms with van der Waals surface area (Å²) in [6.45, 7) is 7.16. The van der Waals surface area contributed by atoms with Crippen LogP contribution in [-0.2, 0) is 14.2 Å². The summed E-state index contributed by atoms with van der Waals surface area (Å²) < 4.78 is 17.5. The molecule has 0 radical (unpaired) electrons. The van der Waals surface area contributed by atoms with Crippen LogP contribution < -0.4 is 0 Å². The minimum absolute atomic E-state index is 0.128. The predicted octanol–water partition coefficient (Wildman–Crippen LogP) is 5.85. The molecule has 4 fully saturated rings. The van der Waals surface area contributed by atoms with Gasteiger partial charge in [0.15, 0.2) is 0 Å². The van der Waals surface area contributed by atoms with Crippen LogP contribution in [0.15, 0.2) is 30.3 Å². The Labute approximate surface area is 210 Å². The molecule has 4 aliphatic carbocycles. The second kappa shape index (κ2) is 9.79. The highest BCUT2D eigenvalue weighted by Gasteiger charge is 2.62. The number of hydrogen-bond acceptors (Lipinski definition) is 5. The van der Waals surface area contributed by atoms with Crippen LogP contribution in [-0.4, -0.2) is 43.3 Å². The maximum Gasteiger partial charge on any atom is 0.338 e. The molecule has 35 heavy (non-hydrogen) atoms. The standard InChI is InChI=1S/C30H44O5/c1-19(31)23-12-13-24-22-11-10-21-16-26(34-18-33-4)27(35-28(32)20-8-6-5-7-9-20)17-30(21,3)25(22)14-15-29(23,24)2/h5-9,19,21-27,31H,10-18H2,1-4H3/t19?,21-,22-,23+,24-,25-,26-,27-,29+,30-/m0/s1. The molecule has 1 unspecified atom stereocenters. The van der Waals surface area contributed by atoms with Crippen LogP contribution in [0.25, 0.3) is 0 Å². The number of carbonyl (C=O) groups is 1. The predicted molar refractivity (Wildman–Crippen MR) is 135 cm³/mol. The van der Waals surface area contributed by atoms with Crippen molar-refractivity contribution in [2.45, 2.75) is 90.4 Å². The van der Waals surface area contributed by atoms with E-state index in [0.29, 0.717) is 35.2 Å². The molecule has 0 amide bonds. The van der Waals surface area contributed by atoms with E-state index in [1.165, 1.54) is 32.1 Å². The SMILES string of the molecule is COCO[C@H]1C[C@@H]2CC[C@@H]3[C@H](CC[C@]4(C)[C@@H](C(C)O)CC[C@@H]34)[C@@]2(C)C[C@@H]1OC(=O)c1ccccc1. The number of aliphatic hydroxyl groups is 1. The number of aliphatic hydroxyl groups excluding tert-OH is 1. The second-order valence-electron chi connectivity index (χ2n) is 12.5. The number of benzene rings is 1. The van der Waals surface area contributed by atoms with Crippen molar-refractivity contribution in [3.05, 3.63) is 35.9 Å². The number of esters is 1. The number of carbonyl (C=O) groups excluding carboxylic acids is 1. The number of methoxy groups -OCH3 is 1. The highest BCUT2D eigenvalue weighted by Crippen LogP contribution is 2.68. The van der Waals surface area contributed by atoms with Gasteiger partial charge in [-0.05, 0) is 111 Å². The lowest BCUT2D eigenvalue weighted by atomic mass is 9.44. The normalized spacial score (nSPS) is 43.5. The minimum atomic E-state index is -0.264. The molecule has 1 N–H and O–H groups in total. The van der Waals surface area contributed by atoms with Gasteiger partial charge in [-0.15, -0.1) is 0 Å². The molecule has 0 aliphatic heterocycles. The molecule has 5 heteroatoms. The zero-order valence-electron chi connectivity index (χ0n) is 21.9. The van der Waals surface area contributed by atoms with E-state index < -0.39 is 0 Å². The van der Waals surface area contributed by atoms with Gasteiger partial charge in [0.05, 0.1) is 17.8 Å². The van der Waals surface area contributed by atoms with Crippen LogP contribution in [0.4, 0.5) is 0 Å². The Bertz CT molecular complexity index is 886. The van der Waals surface area contributed by atoms with Gasteiger partial charge < -0.3 is 19.3 Å². The molecule has 1 aromatic rings. The van der Waals surface area contributed by atoms with E-state index in [1.807, 2.05) is 37.3 Å². The van der Waals surface area contributed by atoms with E-state index in [4.69, 9.17) is 14.2 Å². The Balaban J connectivity index is 1.38. The molecular formula is C30H44O5. The third-order valence-corrected chi connectivity index (χ3v) is 11.0. The first kappa shape index (κ1) is 25.2. The molecule has 0 spiro atoms. The van der Waals surface area contributed by atoms with Crippen LogP contribution in [0.1, 0.15) is 82.5 Å². The molecule has 194 valence electrons. The van der Waals surface area contributed by atoms with Crippen molar-refractivity contribution in [2.75, 3.05) is 13.9 Å². The lowest BCUT2D eigenvalue weighted by Crippen LogP contribution is -2.57. The Hall–Kier alpha value is -1.43. The average molecular weight is 485 g/mol. The molecule has 5 nitrogen and oxygen atoms in total. The fourth-order valence-electron chi connectivity index (χ4n) is 9.30. The average Bonchev–Trinajstić information content (AvgIpc) is 3.20. The summed E-state index contributed by atoms with van der Waals surface area (Å²) in [5.74, 6) is 2.80. The smallest absolute Gasteiger partial charge is 0.338 e. The van der Waals surface area contributed by atoms with E-state index in [-0.39, 0.29) is 41.9 Å². The van der Waals surface area contributed by atoms with E-state index >= 15 is 0 Å². The summed E-state index contributed by atoms with van der Waals surface area (Å²) in [4.78, 5) is 13.0. The molecule has 0 bridgehead atoms. The van der Waals surface area contributed by atoms with Gasteiger partial charge in [0, 0.05) is 7.11 Å². The Morgan fingerprint density at radius 1 is 1.03 bits per heavy atom.